The molecular formula is C8H12N2O2. The van der Waals surface area contributed by atoms with Gasteiger partial charge in [0.05, 0.1) is 12.1 Å². The molecule has 4 heteroatoms. The summed E-state index contributed by atoms with van der Waals surface area (Å²) in [6.07, 6.45) is 0.101. The van der Waals surface area contributed by atoms with E-state index in [0.29, 0.717) is 0 Å². The van der Waals surface area contributed by atoms with Crippen molar-refractivity contribution in [3.63, 3.8) is 0 Å². The van der Waals surface area contributed by atoms with Crippen LogP contribution in [0.1, 0.15) is 12.8 Å². The quantitative estimate of drug-likeness (QED) is 0.575. The molecule has 0 amide bonds. The van der Waals surface area contributed by atoms with Gasteiger partial charge in [-0.15, -0.1) is 0 Å². The molecular weight excluding hydrogens is 156 g/mol. The van der Waals surface area contributed by atoms with Gasteiger partial charge in [0, 0.05) is 33.0 Å². The van der Waals surface area contributed by atoms with Crippen LogP contribution in [0, 0.1) is 28.6 Å². The topological polar surface area (TPSA) is 66.0 Å². The average Bonchev–Trinajstić information content (AvgIpc) is 2.07. The first-order chi connectivity index (χ1) is 5.79. The minimum absolute atomic E-state index is 0.157. The third-order valence-electron chi connectivity index (χ3n) is 1.56. The second-order valence-electron chi connectivity index (χ2n) is 2.32. The number of hydrogen-bond donors (Lipinski definition) is 0. The van der Waals surface area contributed by atoms with Crippen LogP contribution in [0.2, 0.25) is 0 Å². The Bertz CT molecular complexity index is 172. The molecule has 0 aliphatic heterocycles. The summed E-state index contributed by atoms with van der Waals surface area (Å²) in [5, 5.41) is 16.9. The molecule has 0 saturated carbocycles. The van der Waals surface area contributed by atoms with Crippen LogP contribution in [-0.2, 0) is 9.47 Å². The fourth-order valence-corrected chi connectivity index (χ4v) is 0.980. The van der Waals surface area contributed by atoms with Gasteiger partial charge in [0.1, 0.15) is 0 Å². The lowest BCUT2D eigenvalue weighted by molar-refractivity contribution is -0.135. The van der Waals surface area contributed by atoms with Crippen molar-refractivity contribution >= 4 is 0 Å². The maximum atomic E-state index is 8.43. The molecule has 0 rings (SSSR count). The fraction of sp³-hybridized carbons (Fsp3) is 0.750. The molecule has 0 atom stereocenters. The van der Waals surface area contributed by atoms with E-state index < -0.39 is 6.29 Å². The smallest absolute Gasteiger partial charge is 0.161 e. The van der Waals surface area contributed by atoms with Crippen LogP contribution >= 0.6 is 0 Å². The van der Waals surface area contributed by atoms with Gasteiger partial charge >= 0.3 is 0 Å². The molecule has 0 N–H and O–H groups in total. The number of hydrogen-bond acceptors (Lipinski definition) is 4. The molecule has 0 aromatic carbocycles. The second kappa shape index (κ2) is 6.60. The van der Waals surface area contributed by atoms with Crippen molar-refractivity contribution in [1.82, 2.24) is 0 Å². The van der Waals surface area contributed by atoms with E-state index in [0.717, 1.165) is 0 Å². The van der Waals surface area contributed by atoms with Gasteiger partial charge in [-0.3, -0.25) is 0 Å². The molecule has 12 heavy (non-hydrogen) atoms. The molecule has 0 spiro atoms. The highest BCUT2D eigenvalue weighted by Crippen LogP contribution is 2.15. The standard InChI is InChI=1S/C8H12N2O2/c1-11-8(12-2)7(3-5-9)4-6-10/h7-8H,3-4H2,1-2H3. The van der Waals surface area contributed by atoms with Crippen LogP contribution in [0.15, 0.2) is 0 Å². The lowest BCUT2D eigenvalue weighted by atomic mass is 10.0. The van der Waals surface area contributed by atoms with Crippen molar-refractivity contribution in [2.45, 2.75) is 19.1 Å². The molecule has 0 heterocycles. The predicted molar refractivity (Wildman–Crippen MR) is 41.8 cm³/mol. The third-order valence-corrected chi connectivity index (χ3v) is 1.56. The Morgan fingerprint density at radius 2 is 1.50 bits per heavy atom. The number of nitriles is 2. The highest BCUT2D eigenvalue weighted by atomic mass is 16.7. The van der Waals surface area contributed by atoms with E-state index in [9.17, 15) is 0 Å². The average molecular weight is 168 g/mol. The fourth-order valence-electron chi connectivity index (χ4n) is 0.980. The van der Waals surface area contributed by atoms with Crippen LogP contribution in [0.4, 0.5) is 0 Å². The van der Waals surface area contributed by atoms with E-state index in [1.165, 1.54) is 14.2 Å². The second-order valence-corrected chi connectivity index (χ2v) is 2.32. The molecule has 0 fully saturated rings. The van der Waals surface area contributed by atoms with Crippen LogP contribution in [-0.4, -0.2) is 20.5 Å². The summed E-state index contributed by atoms with van der Waals surface area (Å²) in [5.41, 5.74) is 0. The Morgan fingerprint density at radius 3 is 1.75 bits per heavy atom. The molecule has 0 radical (unpaired) electrons. The Hall–Kier alpha value is -1.10. The van der Waals surface area contributed by atoms with Crippen molar-refractivity contribution in [1.29, 1.82) is 10.5 Å². The highest BCUT2D eigenvalue weighted by Gasteiger charge is 2.20. The third kappa shape index (κ3) is 3.34. The number of methoxy groups -OCH3 is 2. The van der Waals surface area contributed by atoms with E-state index in [1.807, 2.05) is 12.1 Å². The molecule has 0 saturated heterocycles. The zero-order chi connectivity index (χ0) is 9.40. The highest BCUT2D eigenvalue weighted by molar-refractivity contribution is 4.84. The summed E-state index contributed by atoms with van der Waals surface area (Å²) in [6, 6.07) is 3.98. The summed E-state index contributed by atoms with van der Waals surface area (Å²) < 4.78 is 9.88. The molecule has 0 unspecified atom stereocenters. The lowest BCUT2D eigenvalue weighted by Crippen LogP contribution is -2.24. The maximum absolute atomic E-state index is 8.43. The van der Waals surface area contributed by atoms with Gasteiger partial charge in [0.2, 0.25) is 0 Å². The zero-order valence-corrected chi connectivity index (χ0v) is 7.28. The van der Waals surface area contributed by atoms with Crippen LogP contribution in [0.3, 0.4) is 0 Å². The molecule has 0 aromatic rings. The van der Waals surface area contributed by atoms with Gasteiger partial charge in [-0.05, 0) is 0 Å². The van der Waals surface area contributed by atoms with Crippen molar-refractivity contribution in [3.05, 3.63) is 0 Å². The Morgan fingerprint density at radius 1 is 1.08 bits per heavy atom. The minimum atomic E-state index is -0.454. The maximum Gasteiger partial charge on any atom is 0.161 e. The van der Waals surface area contributed by atoms with Crippen molar-refractivity contribution in [2.75, 3.05) is 14.2 Å². The van der Waals surface area contributed by atoms with Crippen molar-refractivity contribution in [2.24, 2.45) is 5.92 Å². The molecule has 0 aromatic heterocycles. The normalized spacial score (nSPS) is 9.83. The van der Waals surface area contributed by atoms with E-state index >= 15 is 0 Å². The van der Waals surface area contributed by atoms with Crippen LogP contribution < -0.4 is 0 Å². The first-order valence-electron chi connectivity index (χ1n) is 3.59. The minimum Gasteiger partial charge on any atom is -0.356 e. The molecule has 0 aliphatic carbocycles. The Kier molecular flexibility index (Phi) is 6.00. The van der Waals surface area contributed by atoms with E-state index in [1.54, 1.807) is 0 Å². The summed E-state index contributed by atoms with van der Waals surface area (Å²) in [4.78, 5) is 0. The summed E-state index contributed by atoms with van der Waals surface area (Å²) in [7, 11) is 2.99. The summed E-state index contributed by atoms with van der Waals surface area (Å²) in [6.45, 7) is 0. The van der Waals surface area contributed by atoms with Gasteiger partial charge in [0.25, 0.3) is 0 Å². The number of nitrogens with zero attached hydrogens (tertiary/aromatic N) is 2. The zero-order valence-electron chi connectivity index (χ0n) is 7.28. The van der Waals surface area contributed by atoms with Gasteiger partial charge in [0.15, 0.2) is 6.29 Å². The van der Waals surface area contributed by atoms with Gasteiger partial charge in [-0.1, -0.05) is 0 Å². The van der Waals surface area contributed by atoms with Crippen molar-refractivity contribution in [3.8, 4) is 12.1 Å². The van der Waals surface area contributed by atoms with Gasteiger partial charge in [-0.25, -0.2) is 0 Å². The van der Waals surface area contributed by atoms with E-state index in [2.05, 4.69) is 0 Å². The molecule has 0 aliphatic rings. The van der Waals surface area contributed by atoms with Gasteiger partial charge < -0.3 is 9.47 Å². The molecule has 4 nitrogen and oxygen atoms in total. The number of rotatable bonds is 5. The Labute approximate surface area is 72.3 Å². The lowest BCUT2D eigenvalue weighted by Gasteiger charge is -2.19. The number of ether oxygens (including phenoxy) is 2. The molecule has 66 valence electrons. The monoisotopic (exact) mass is 168 g/mol. The van der Waals surface area contributed by atoms with Crippen LogP contribution in [0.25, 0.3) is 0 Å². The first kappa shape index (κ1) is 10.9. The SMILES string of the molecule is COC(OC)C(CC#N)CC#N. The van der Waals surface area contributed by atoms with E-state index in [-0.39, 0.29) is 18.8 Å². The van der Waals surface area contributed by atoms with Crippen molar-refractivity contribution < 1.29 is 9.47 Å². The molecule has 0 bridgehead atoms. The van der Waals surface area contributed by atoms with Gasteiger partial charge in [-0.2, -0.15) is 10.5 Å². The summed E-state index contributed by atoms with van der Waals surface area (Å²) >= 11 is 0. The van der Waals surface area contributed by atoms with E-state index in [4.69, 9.17) is 20.0 Å². The van der Waals surface area contributed by atoms with Crippen LogP contribution in [0.5, 0.6) is 0 Å². The Balaban J connectivity index is 4.08. The predicted octanol–water partition coefficient (Wildman–Crippen LogP) is 1.05. The summed E-state index contributed by atoms with van der Waals surface area (Å²) in [5.74, 6) is -0.157. The largest absolute Gasteiger partial charge is 0.356 e. The first-order valence-corrected chi connectivity index (χ1v) is 3.59.